The van der Waals surface area contributed by atoms with E-state index < -0.39 is 0 Å². The van der Waals surface area contributed by atoms with Crippen molar-refractivity contribution in [3.63, 3.8) is 0 Å². The average Bonchev–Trinajstić information content (AvgIpc) is 3.04. The third-order valence-electron chi connectivity index (χ3n) is 3.36. The quantitative estimate of drug-likeness (QED) is 0.867. The highest BCUT2D eigenvalue weighted by Crippen LogP contribution is 2.29. The van der Waals surface area contributed by atoms with Crippen molar-refractivity contribution in [2.24, 2.45) is 0 Å². The Bertz CT molecular complexity index is 589. The third-order valence-corrected chi connectivity index (χ3v) is 5.85. The van der Waals surface area contributed by atoms with Crippen LogP contribution in [0.15, 0.2) is 12.1 Å². The molecule has 108 valence electrons. The fourth-order valence-electron chi connectivity index (χ4n) is 2.00. The molecule has 1 saturated carbocycles. The largest absolute Gasteiger partial charge is 0.346 e. The number of aromatic nitrogens is 1. The fraction of sp³-hybridized carbons (Fsp3) is 0.500. The molecule has 3 nitrogen and oxygen atoms in total. The first-order chi connectivity index (χ1) is 9.61. The molecule has 0 atom stereocenters. The molecule has 2 heterocycles. The first-order valence-corrected chi connectivity index (χ1v) is 8.78. The lowest BCUT2D eigenvalue weighted by Gasteiger charge is -2.14. The van der Waals surface area contributed by atoms with Gasteiger partial charge in [0.1, 0.15) is 0 Å². The van der Waals surface area contributed by atoms with Gasteiger partial charge >= 0.3 is 0 Å². The van der Waals surface area contributed by atoms with Crippen LogP contribution in [-0.2, 0) is 13.1 Å². The zero-order valence-corrected chi connectivity index (χ0v) is 14.0. The number of anilines is 1. The first kappa shape index (κ1) is 14.3. The van der Waals surface area contributed by atoms with Crippen molar-refractivity contribution in [3.8, 4) is 0 Å². The maximum atomic E-state index is 5.97. The second-order valence-corrected chi connectivity index (χ2v) is 8.08. The van der Waals surface area contributed by atoms with E-state index in [0.29, 0.717) is 0 Å². The van der Waals surface area contributed by atoms with Gasteiger partial charge in [0, 0.05) is 29.4 Å². The Morgan fingerprint density at radius 3 is 2.85 bits per heavy atom. The maximum absolute atomic E-state index is 5.97. The lowest BCUT2D eigenvalue weighted by molar-refractivity contribution is 0.691. The highest BCUT2D eigenvalue weighted by atomic mass is 35.5. The standard InChI is InChI=1S/C14H18ClN3S2/c1-9-12(7-16-10-3-4-10)20-14(17-9)18(2)8-11-5-6-13(15)19-11/h5-6,10,16H,3-4,7-8H2,1-2H3. The van der Waals surface area contributed by atoms with Crippen LogP contribution in [0.5, 0.6) is 0 Å². The molecule has 1 aliphatic carbocycles. The number of nitrogens with one attached hydrogen (secondary N) is 1. The van der Waals surface area contributed by atoms with E-state index in [0.717, 1.165) is 34.3 Å². The molecule has 0 unspecified atom stereocenters. The van der Waals surface area contributed by atoms with E-state index in [-0.39, 0.29) is 0 Å². The fourth-order valence-corrected chi connectivity index (χ4v) is 4.12. The predicted molar refractivity (Wildman–Crippen MR) is 88.1 cm³/mol. The highest BCUT2D eigenvalue weighted by molar-refractivity contribution is 7.16. The van der Waals surface area contributed by atoms with Crippen LogP contribution < -0.4 is 10.2 Å². The molecule has 0 aliphatic heterocycles. The number of rotatable bonds is 6. The van der Waals surface area contributed by atoms with Gasteiger partial charge in [-0.05, 0) is 31.9 Å². The van der Waals surface area contributed by atoms with Gasteiger partial charge in [-0.15, -0.1) is 22.7 Å². The number of thiazole rings is 1. The van der Waals surface area contributed by atoms with Crippen molar-refractivity contribution in [2.45, 2.75) is 38.9 Å². The summed E-state index contributed by atoms with van der Waals surface area (Å²) >= 11 is 9.39. The zero-order valence-electron chi connectivity index (χ0n) is 11.6. The molecule has 0 radical (unpaired) electrons. The number of aryl methyl sites for hydroxylation is 1. The summed E-state index contributed by atoms with van der Waals surface area (Å²) in [5, 5.41) is 4.64. The number of halogens is 1. The summed E-state index contributed by atoms with van der Waals surface area (Å²) in [6.45, 7) is 3.91. The highest BCUT2D eigenvalue weighted by Gasteiger charge is 2.21. The van der Waals surface area contributed by atoms with Gasteiger partial charge in [-0.3, -0.25) is 0 Å². The zero-order chi connectivity index (χ0) is 14.1. The van der Waals surface area contributed by atoms with Crippen molar-refractivity contribution >= 4 is 39.4 Å². The lowest BCUT2D eigenvalue weighted by Crippen LogP contribution is -2.15. The molecule has 2 aromatic rings. The molecule has 0 spiro atoms. The van der Waals surface area contributed by atoms with E-state index in [9.17, 15) is 0 Å². The lowest BCUT2D eigenvalue weighted by atomic mass is 10.4. The SMILES string of the molecule is Cc1nc(N(C)Cc2ccc(Cl)s2)sc1CNC1CC1. The molecule has 1 fully saturated rings. The molecule has 0 bridgehead atoms. The number of hydrogen-bond acceptors (Lipinski definition) is 5. The third kappa shape index (κ3) is 3.52. The van der Waals surface area contributed by atoms with Crippen LogP contribution in [-0.4, -0.2) is 18.1 Å². The van der Waals surface area contributed by atoms with E-state index in [1.165, 1.54) is 22.6 Å². The number of nitrogens with zero attached hydrogens (tertiary/aromatic N) is 2. The summed E-state index contributed by atoms with van der Waals surface area (Å²) in [4.78, 5) is 9.50. The molecule has 1 N–H and O–H groups in total. The van der Waals surface area contributed by atoms with E-state index in [1.807, 2.05) is 6.07 Å². The van der Waals surface area contributed by atoms with Crippen molar-refractivity contribution in [3.05, 3.63) is 31.9 Å². The van der Waals surface area contributed by atoms with Crippen LogP contribution in [0.1, 0.15) is 28.3 Å². The summed E-state index contributed by atoms with van der Waals surface area (Å²) < 4.78 is 0.845. The summed E-state index contributed by atoms with van der Waals surface area (Å²) in [6.07, 6.45) is 2.65. The molecule has 1 aliphatic rings. The average molecular weight is 328 g/mol. The van der Waals surface area contributed by atoms with E-state index >= 15 is 0 Å². The van der Waals surface area contributed by atoms with Crippen LogP contribution in [0.3, 0.4) is 0 Å². The van der Waals surface area contributed by atoms with Gasteiger partial charge in [-0.2, -0.15) is 0 Å². The molecule has 0 aromatic carbocycles. The van der Waals surface area contributed by atoms with Crippen molar-refractivity contribution in [2.75, 3.05) is 11.9 Å². The van der Waals surface area contributed by atoms with E-state index in [4.69, 9.17) is 11.6 Å². The Morgan fingerprint density at radius 1 is 1.40 bits per heavy atom. The van der Waals surface area contributed by atoms with Crippen molar-refractivity contribution in [1.82, 2.24) is 10.3 Å². The van der Waals surface area contributed by atoms with Gasteiger partial charge in [0.2, 0.25) is 0 Å². The van der Waals surface area contributed by atoms with Gasteiger partial charge in [-0.1, -0.05) is 11.6 Å². The van der Waals surface area contributed by atoms with Crippen LogP contribution in [0, 0.1) is 6.92 Å². The summed E-state index contributed by atoms with van der Waals surface area (Å²) in [6, 6.07) is 4.78. The molecule has 3 rings (SSSR count). The predicted octanol–water partition coefficient (Wildman–Crippen LogP) is 4.05. The van der Waals surface area contributed by atoms with Gasteiger partial charge in [0.15, 0.2) is 5.13 Å². The smallest absolute Gasteiger partial charge is 0.185 e. The Labute approximate surface area is 132 Å². The molecule has 6 heteroatoms. The molecule has 2 aromatic heterocycles. The Hall–Kier alpha value is -0.620. The van der Waals surface area contributed by atoms with Gasteiger partial charge < -0.3 is 10.2 Å². The van der Waals surface area contributed by atoms with Crippen LogP contribution in [0.4, 0.5) is 5.13 Å². The van der Waals surface area contributed by atoms with Gasteiger partial charge in [-0.25, -0.2) is 4.98 Å². The van der Waals surface area contributed by atoms with Crippen LogP contribution in [0.2, 0.25) is 4.34 Å². The van der Waals surface area contributed by atoms with Crippen LogP contribution >= 0.6 is 34.3 Å². The molecule has 20 heavy (non-hydrogen) atoms. The van der Waals surface area contributed by atoms with Crippen LogP contribution in [0.25, 0.3) is 0 Å². The second-order valence-electron chi connectivity index (χ2n) is 5.22. The van der Waals surface area contributed by atoms with E-state index in [2.05, 4.69) is 35.2 Å². The first-order valence-electron chi connectivity index (χ1n) is 6.77. The normalized spacial score (nSPS) is 14.8. The minimum atomic E-state index is 0.742. The van der Waals surface area contributed by atoms with Gasteiger partial charge in [0.05, 0.1) is 16.6 Å². The summed E-state index contributed by atoms with van der Waals surface area (Å²) in [5.41, 5.74) is 1.15. The summed E-state index contributed by atoms with van der Waals surface area (Å²) in [5.74, 6) is 0. The minimum absolute atomic E-state index is 0.742. The van der Waals surface area contributed by atoms with Crippen molar-refractivity contribution < 1.29 is 0 Å². The van der Waals surface area contributed by atoms with Gasteiger partial charge in [0.25, 0.3) is 0 Å². The number of thiophene rings is 1. The van der Waals surface area contributed by atoms with Crippen molar-refractivity contribution in [1.29, 1.82) is 0 Å². The summed E-state index contributed by atoms with van der Waals surface area (Å²) in [7, 11) is 2.09. The Kier molecular flexibility index (Phi) is 4.31. The number of hydrogen-bond donors (Lipinski definition) is 1. The molecular weight excluding hydrogens is 310 g/mol. The molecular formula is C14H18ClN3S2. The Balaban J connectivity index is 1.64. The monoisotopic (exact) mass is 327 g/mol. The molecule has 0 saturated heterocycles. The Morgan fingerprint density at radius 2 is 2.20 bits per heavy atom. The minimum Gasteiger partial charge on any atom is -0.346 e. The molecule has 0 amide bonds. The maximum Gasteiger partial charge on any atom is 0.185 e. The topological polar surface area (TPSA) is 28.2 Å². The second kappa shape index (κ2) is 6.02. The van der Waals surface area contributed by atoms with E-state index in [1.54, 1.807) is 22.7 Å².